The molecule has 0 unspecified atom stereocenters. The molecule has 4 rings (SSSR count). The summed E-state index contributed by atoms with van der Waals surface area (Å²) in [6.45, 7) is 2.20. The average Bonchev–Trinajstić information content (AvgIpc) is 2.79. The molecule has 0 atom stereocenters. The molecule has 24 heavy (non-hydrogen) atoms. The molecule has 1 aliphatic carbocycles. The van der Waals surface area contributed by atoms with E-state index in [-0.39, 0.29) is 0 Å². The first-order chi connectivity index (χ1) is 11.8. The van der Waals surface area contributed by atoms with E-state index in [2.05, 4.69) is 66.6 Å². The topological polar surface area (TPSA) is 27.0 Å². The molecular formula is C22H20N2. The minimum absolute atomic E-state index is 0.729. The normalized spacial score (nSPS) is 17.0. The van der Waals surface area contributed by atoms with Gasteiger partial charge < -0.3 is 4.90 Å². The molecule has 0 bridgehead atoms. The van der Waals surface area contributed by atoms with E-state index < -0.39 is 0 Å². The molecule has 2 aromatic carbocycles. The minimum atomic E-state index is 0.729. The number of rotatable bonds is 0. The van der Waals surface area contributed by atoms with Gasteiger partial charge in [-0.1, -0.05) is 48.1 Å². The molecular weight excluding hydrogens is 292 g/mol. The van der Waals surface area contributed by atoms with E-state index in [0.29, 0.717) is 0 Å². The molecule has 2 nitrogen and oxygen atoms in total. The van der Waals surface area contributed by atoms with Crippen LogP contribution in [0, 0.1) is 11.3 Å². The summed E-state index contributed by atoms with van der Waals surface area (Å²) in [5.41, 5.74) is 8.54. The Kier molecular flexibility index (Phi) is 3.80. The minimum Gasteiger partial charge on any atom is -0.306 e. The van der Waals surface area contributed by atoms with Gasteiger partial charge >= 0.3 is 0 Å². The lowest BCUT2D eigenvalue weighted by molar-refractivity contribution is 0.313. The Labute approximate surface area is 143 Å². The predicted octanol–water partition coefficient (Wildman–Crippen LogP) is 4.57. The highest BCUT2D eigenvalue weighted by Crippen LogP contribution is 2.38. The van der Waals surface area contributed by atoms with Gasteiger partial charge in [0.2, 0.25) is 0 Å². The lowest BCUT2D eigenvalue weighted by Crippen LogP contribution is -2.27. The van der Waals surface area contributed by atoms with Crippen LogP contribution in [0.4, 0.5) is 0 Å². The summed E-state index contributed by atoms with van der Waals surface area (Å²) in [5, 5.41) is 9.35. The molecule has 2 heteroatoms. The van der Waals surface area contributed by atoms with Crippen LogP contribution in [0.15, 0.2) is 48.0 Å². The molecule has 1 fully saturated rings. The Morgan fingerprint density at radius 3 is 2.38 bits per heavy atom. The van der Waals surface area contributed by atoms with Gasteiger partial charge in [0, 0.05) is 13.1 Å². The number of nitrogens with zero attached hydrogens (tertiary/aromatic N) is 2. The van der Waals surface area contributed by atoms with Gasteiger partial charge in [0.1, 0.15) is 0 Å². The van der Waals surface area contributed by atoms with Crippen molar-refractivity contribution in [3.63, 3.8) is 0 Å². The lowest BCUT2D eigenvalue weighted by atomic mass is 9.85. The van der Waals surface area contributed by atoms with Crippen LogP contribution < -0.4 is 0 Å². The summed E-state index contributed by atoms with van der Waals surface area (Å²) in [4.78, 5) is 2.39. The van der Waals surface area contributed by atoms with Crippen LogP contribution in [0.5, 0.6) is 0 Å². The fourth-order valence-corrected chi connectivity index (χ4v) is 3.70. The molecule has 0 N–H and O–H groups in total. The van der Waals surface area contributed by atoms with Gasteiger partial charge in [0.25, 0.3) is 0 Å². The van der Waals surface area contributed by atoms with Crippen LogP contribution in [0.3, 0.4) is 0 Å². The summed E-state index contributed by atoms with van der Waals surface area (Å²) < 4.78 is 0. The van der Waals surface area contributed by atoms with Crippen molar-refractivity contribution < 1.29 is 0 Å². The number of hydrogen-bond acceptors (Lipinski definition) is 2. The van der Waals surface area contributed by atoms with Crippen LogP contribution in [-0.4, -0.2) is 25.0 Å². The van der Waals surface area contributed by atoms with Gasteiger partial charge in [-0.15, -0.1) is 0 Å². The molecule has 0 aromatic heterocycles. The van der Waals surface area contributed by atoms with Gasteiger partial charge in [-0.25, -0.2) is 0 Å². The molecule has 0 radical (unpaired) electrons. The van der Waals surface area contributed by atoms with Gasteiger partial charge in [-0.05, 0) is 59.8 Å². The van der Waals surface area contributed by atoms with Crippen LogP contribution in [0.2, 0.25) is 0 Å². The standard InChI is InChI=1S/C22H20N2/c1-24-12-10-19(11-13-24)22-20-5-3-2-4-17(20)8-9-18-7-6-16(15-23)14-21(18)22/h2-9,14H,10-13H2,1H3. The van der Waals surface area contributed by atoms with Gasteiger partial charge in [-0.3, -0.25) is 0 Å². The first kappa shape index (κ1) is 14.9. The van der Waals surface area contributed by atoms with E-state index in [4.69, 9.17) is 0 Å². The van der Waals surface area contributed by atoms with E-state index in [9.17, 15) is 5.26 Å². The molecule has 1 aliphatic heterocycles. The second kappa shape index (κ2) is 6.11. The molecule has 0 saturated carbocycles. The van der Waals surface area contributed by atoms with E-state index >= 15 is 0 Å². The van der Waals surface area contributed by atoms with Crippen LogP contribution in [0.25, 0.3) is 17.7 Å². The number of piperidine rings is 1. The van der Waals surface area contributed by atoms with Crippen LogP contribution in [0.1, 0.15) is 40.7 Å². The van der Waals surface area contributed by atoms with Crippen molar-refractivity contribution in [1.29, 1.82) is 5.26 Å². The third-order valence-electron chi connectivity index (χ3n) is 5.07. The molecule has 0 spiro atoms. The largest absolute Gasteiger partial charge is 0.306 e. The van der Waals surface area contributed by atoms with Gasteiger partial charge in [0.05, 0.1) is 11.6 Å². The molecule has 2 aromatic rings. The van der Waals surface area contributed by atoms with E-state index in [0.717, 1.165) is 31.5 Å². The summed E-state index contributed by atoms with van der Waals surface area (Å²) >= 11 is 0. The van der Waals surface area contributed by atoms with Crippen molar-refractivity contribution in [2.75, 3.05) is 20.1 Å². The van der Waals surface area contributed by atoms with Crippen molar-refractivity contribution >= 4 is 17.7 Å². The molecule has 118 valence electrons. The second-order valence-corrected chi connectivity index (χ2v) is 6.62. The smallest absolute Gasteiger partial charge is 0.0991 e. The van der Waals surface area contributed by atoms with E-state index in [1.54, 1.807) is 0 Å². The molecule has 0 amide bonds. The van der Waals surface area contributed by atoms with Gasteiger partial charge in [0.15, 0.2) is 0 Å². The number of nitriles is 1. The van der Waals surface area contributed by atoms with Crippen molar-refractivity contribution in [3.8, 4) is 6.07 Å². The maximum atomic E-state index is 9.35. The average molecular weight is 312 g/mol. The van der Waals surface area contributed by atoms with Crippen molar-refractivity contribution in [2.45, 2.75) is 12.8 Å². The Morgan fingerprint density at radius 2 is 1.62 bits per heavy atom. The SMILES string of the molecule is CN1CCC(=C2c3ccccc3C=Cc3ccc(C#N)cc32)CC1. The fraction of sp³-hybridized carbons (Fsp3) is 0.227. The maximum Gasteiger partial charge on any atom is 0.0991 e. The van der Waals surface area contributed by atoms with E-state index in [1.807, 2.05) is 6.07 Å². The number of benzene rings is 2. The maximum absolute atomic E-state index is 9.35. The van der Waals surface area contributed by atoms with Crippen molar-refractivity contribution in [3.05, 3.63) is 75.9 Å². The Morgan fingerprint density at radius 1 is 0.917 bits per heavy atom. The van der Waals surface area contributed by atoms with Crippen LogP contribution in [-0.2, 0) is 0 Å². The zero-order valence-electron chi connectivity index (χ0n) is 13.9. The lowest BCUT2D eigenvalue weighted by Gasteiger charge is -2.27. The van der Waals surface area contributed by atoms with Crippen molar-refractivity contribution in [2.24, 2.45) is 0 Å². The summed E-state index contributed by atoms with van der Waals surface area (Å²) in [6.07, 6.45) is 6.56. The first-order valence-electron chi connectivity index (χ1n) is 8.49. The second-order valence-electron chi connectivity index (χ2n) is 6.62. The third-order valence-corrected chi connectivity index (χ3v) is 5.07. The summed E-state index contributed by atoms with van der Waals surface area (Å²) in [6, 6.07) is 16.9. The first-order valence-corrected chi connectivity index (χ1v) is 8.49. The number of hydrogen-bond donors (Lipinski definition) is 0. The number of likely N-dealkylation sites (tertiary alicyclic amines) is 1. The zero-order chi connectivity index (χ0) is 16.5. The van der Waals surface area contributed by atoms with E-state index in [1.165, 1.54) is 33.4 Å². The predicted molar refractivity (Wildman–Crippen MR) is 99.3 cm³/mol. The van der Waals surface area contributed by atoms with Crippen LogP contribution >= 0.6 is 0 Å². The van der Waals surface area contributed by atoms with Crippen molar-refractivity contribution in [1.82, 2.24) is 4.90 Å². The summed E-state index contributed by atoms with van der Waals surface area (Å²) in [7, 11) is 2.19. The molecule has 2 aliphatic rings. The zero-order valence-corrected chi connectivity index (χ0v) is 13.9. The highest BCUT2D eigenvalue weighted by Gasteiger charge is 2.21. The fourth-order valence-electron chi connectivity index (χ4n) is 3.70. The quantitative estimate of drug-likeness (QED) is 0.608. The monoisotopic (exact) mass is 312 g/mol. The van der Waals surface area contributed by atoms with Gasteiger partial charge in [-0.2, -0.15) is 5.26 Å². The number of fused-ring (bicyclic) bond motifs is 2. The highest BCUT2D eigenvalue weighted by molar-refractivity contribution is 5.95. The summed E-state index contributed by atoms with van der Waals surface area (Å²) in [5.74, 6) is 0. The Balaban J connectivity index is 1.99. The Hall–Kier alpha value is -2.63. The molecule has 1 heterocycles. The third kappa shape index (κ3) is 2.58. The molecule has 1 saturated heterocycles. The highest BCUT2D eigenvalue weighted by atomic mass is 15.1. The Bertz CT molecular complexity index is 886.